The number of nitrogens with one attached hydrogen (secondary N) is 2. The van der Waals surface area contributed by atoms with Gasteiger partial charge in [-0.15, -0.1) is 0 Å². The molecular formula is C14H27N3O2. The van der Waals surface area contributed by atoms with E-state index in [2.05, 4.69) is 22.5 Å². The first-order valence-corrected chi connectivity index (χ1v) is 7.51. The van der Waals surface area contributed by atoms with Gasteiger partial charge in [0, 0.05) is 26.2 Å². The second kappa shape index (κ2) is 7.82. The van der Waals surface area contributed by atoms with Gasteiger partial charge in [0.15, 0.2) is 0 Å². The minimum Gasteiger partial charge on any atom is -0.379 e. The van der Waals surface area contributed by atoms with E-state index in [0.29, 0.717) is 12.5 Å². The lowest BCUT2D eigenvalue weighted by Crippen LogP contribution is -2.42. The molecule has 2 aliphatic rings. The Kier molecular flexibility index (Phi) is 6.07. The van der Waals surface area contributed by atoms with Gasteiger partial charge in [-0.05, 0) is 31.2 Å². The Labute approximate surface area is 116 Å². The van der Waals surface area contributed by atoms with E-state index in [4.69, 9.17) is 4.74 Å². The predicted octanol–water partition coefficient (Wildman–Crippen LogP) is 0.0705. The van der Waals surface area contributed by atoms with Gasteiger partial charge in [-0.3, -0.25) is 9.69 Å². The number of rotatable bonds is 8. The quantitative estimate of drug-likeness (QED) is 0.655. The van der Waals surface area contributed by atoms with Gasteiger partial charge < -0.3 is 15.4 Å². The minimum absolute atomic E-state index is 0.120. The summed E-state index contributed by atoms with van der Waals surface area (Å²) in [4.78, 5) is 14.0. The molecule has 1 aliphatic heterocycles. The van der Waals surface area contributed by atoms with Crippen molar-refractivity contribution in [1.29, 1.82) is 0 Å². The molecule has 5 nitrogen and oxygen atoms in total. The Morgan fingerprint density at radius 2 is 2.11 bits per heavy atom. The lowest BCUT2D eigenvalue weighted by Gasteiger charge is -2.29. The Morgan fingerprint density at radius 3 is 2.79 bits per heavy atom. The molecule has 0 radical (unpaired) electrons. The summed E-state index contributed by atoms with van der Waals surface area (Å²) in [6.45, 7) is 9.15. The highest BCUT2D eigenvalue weighted by atomic mass is 16.5. The van der Waals surface area contributed by atoms with Crippen LogP contribution >= 0.6 is 0 Å². The summed E-state index contributed by atoms with van der Waals surface area (Å²) >= 11 is 0. The molecule has 2 fully saturated rings. The van der Waals surface area contributed by atoms with Gasteiger partial charge in [-0.2, -0.15) is 0 Å². The van der Waals surface area contributed by atoms with E-state index in [0.717, 1.165) is 51.9 Å². The number of nitrogens with zero attached hydrogens (tertiary/aromatic N) is 1. The molecular weight excluding hydrogens is 242 g/mol. The van der Waals surface area contributed by atoms with Crippen LogP contribution in [-0.2, 0) is 9.53 Å². The number of amides is 1. The SMILES string of the molecule is CC(CNC(=O)CNCC1CC1)CN1CCOCC1. The maximum atomic E-state index is 11.6. The van der Waals surface area contributed by atoms with Crippen molar-refractivity contribution >= 4 is 5.91 Å². The van der Waals surface area contributed by atoms with Gasteiger partial charge in [0.2, 0.25) is 5.91 Å². The van der Waals surface area contributed by atoms with E-state index in [9.17, 15) is 4.79 Å². The number of hydrogen-bond acceptors (Lipinski definition) is 4. The first-order chi connectivity index (χ1) is 9.24. The zero-order valence-electron chi connectivity index (χ0n) is 12.0. The van der Waals surface area contributed by atoms with Crippen molar-refractivity contribution in [3.8, 4) is 0 Å². The van der Waals surface area contributed by atoms with Crippen molar-refractivity contribution in [2.45, 2.75) is 19.8 Å². The Morgan fingerprint density at radius 1 is 1.37 bits per heavy atom. The highest BCUT2D eigenvalue weighted by molar-refractivity contribution is 5.77. The van der Waals surface area contributed by atoms with Gasteiger partial charge in [0.1, 0.15) is 0 Å². The molecule has 2 N–H and O–H groups in total. The van der Waals surface area contributed by atoms with Crippen molar-refractivity contribution in [1.82, 2.24) is 15.5 Å². The van der Waals surface area contributed by atoms with Crippen LogP contribution in [0.3, 0.4) is 0 Å². The largest absolute Gasteiger partial charge is 0.379 e. The zero-order chi connectivity index (χ0) is 13.5. The summed E-state index contributed by atoms with van der Waals surface area (Å²) in [5, 5.41) is 6.22. The topological polar surface area (TPSA) is 53.6 Å². The number of carbonyl (C=O) groups is 1. The lowest BCUT2D eigenvalue weighted by molar-refractivity contribution is -0.120. The van der Waals surface area contributed by atoms with E-state index in [1.807, 2.05) is 0 Å². The van der Waals surface area contributed by atoms with Crippen LogP contribution in [0.2, 0.25) is 0 Å². The van der Waals surface area contributed by atoms with Crippen LogP contribution in [0.1, 0.15) is 19.8 Å². The van der Waals surface area contributed by atoms with Crippen LogP contribution in [0, 0.1) is 11.8 Å². The normalized spacial score (nSPS) is 22.2. The molecule has 0 bridgehead atoms. The number of hydrogen-bond donors (Lipinski definition) is 2. The van der Waals surface area contributed by atoms with E-state index in [-0.39, 0.29) is 5.91 Å². The third kappa shape index (κ3) is 6.36. The summed E-state index contributed by atoms with van der Waals surface area (Å²) in [7, 11) is 0. The summed E-state index contributed by atoms with van der Waals surface area (Å²) in [5.74, 6) is 1.44. The van der Waals surface area contributed by atoms with Crippen molar-refractivity contribution in [3.05, 3.63) is 0 Å². The lowest BCUT2D eigenvalue weighted by atomic mass is 10.1. The monoisotopic (exact) mass is 269 g/mol. The molecule has 1 unspecified atom stereocenters. The van der Waals surface area contributed by atoms with E-state index < -0.39 is 0 Å². The summed E-state index contributed by atoms with van der Waals surface area (Å²) in [5.41, 5.74) is 0. The molecule has 0 spiro atoms. The van der Waals surface area contributed by atoms with Gasteiger partial charge >= 0.3 is 0 Å². The van der Waals surface area contributed by atoms with Gasteiger partial charge in [0.25, 0.3) is 0 Å². The molecule has 19 heavy (non-hydrogen) atoms. The highest BCUT2D eigenvalue weighted by Crippen LogP contribution is 2.27. The molecule has 1 aliphatic carbocycles. The molecule has 1 amide bonds. The fraction of sp³-hybridized carbons (Fsp3) is 0.929. The van der Waals surface area contributed by atoms with Crippen molar-refractivity contribution < 1.29 is 9.53 Å². The third-order valence-electron chi connectivity index (χ3n) is 3.74. The summed E-state index contributed by atoms with van der Waals surface area (Å²) in [6, 6.07) is 0. The van der Waals surface area contributed by atoms with E-state index in [1.165, 1.54) is 12.8 Å². The molecule has 1 saturated heterocycles. The van der Waals surface area contributed by atoms with Gasteiger partial charge in [-0.1, -0.05) is 6.92 Å². The fourth-order valence-electron chi connectivity index (χ4n) is 2.35. The molecule has 110 valence electrons. The van der Waals surface area contributed by atoms with Crippen LogP contribution in [0.25, 0.3) is 0 Å². The van der Waals surface area contributed by atoms with Crippen molar-refractivity contribution in [2.24, 2.45) is 11.8 Å². The number of morpholine rings is 1. The molecule has 0 aromatic carbocycles. The average Bonchev–Trinajstić information content (AvgIpc) is 3.22. The van der Waals surface area contributed by atoms with Crippen LogP contribution in [0.4, 0.5) is 0 Å². The maximum absolute atomic E-state index is 11.6. The Hall–Kier alpha value is -0.650. The zero-order valence-corrected chi connectivity index (χ0v) is 12.0. The van der Waals surface area contributed by atoms with Crippen LogP contribution in [-0.4, -0.2) is 63.3 Å². The number of carbonyl (C=O) groups excluding carboxylic acids is 1. The second-order valence-electron chi connectivity index (χ2n) is 5.90. The predicted molar refractivity (Wildman–Crippen MR) is 75.0 cm³/mol. The molecule has 5 heteroatoms. The minimum atomic E-state index is 0.120. The first kappa shape index (κ1) is 14.8. The van der Waals surface area contributed by atoms with Crippen molar-refractivity contribution in [2.75, 3.05) is 52.5 Å². The highest BCUT2D eigenvalue weighted by Gasteiger charge is 2.20. The average molecular weight is 269 g/mol. The Balaban J connectivity index is 1.49. The molecule has 1 atom stereocenters. The third-order valence-corrected chi connectivity index (χ3v) is 3.74. The van der Waals surface area contributed by atoms with Crippen LogP contribution in [0.5, 0.6) is 0 Å². The van der Waals surface area contributed by atoms with Crippen molar-refractivity contribution in [3.63, 3.8) is 0 Å². The standard InChI is InChI=1S/C14H27N3O2/c1-12(11-17-4-6-19-7-5-17)8-16-14(18)10-15-9-13-2-3-13/h12-13,15H,2-11H2,1H3,(H,16,18). The van der Waals surface area contributed by atoms with E-state index in [1.54, 1.807) is 0 Å². The van der Waals surface area contributed by atoms with E-state index >= 15 is 0 Å². The second-order valence-corrected chi connectivity index (χ2v) is 5.90. The van der Waals surface area contributed by atoms with Crippen LogP contribution < -0.4 is 10.6 Å². The molecule has 0 aromatic rings. The molecule has 2 rings (SSSR count). The first-order valence-electron chi connectivity index (χ1n) is 7.51. The summed E-state index contributed by atoms with van der Waals surface area (Å²) < 4.78 is 5.33. The number of ether oxygens (including phenoxy) is 1. The Bertz CT molecular complexity index is 276. The maximum Gasteiger partial charge on any atom is 0.233 e. The molecule has 1 saturated carbocycles. The van der Waals surface area contributed by atoms with Gasteiger partial charge in [0.05, 0.1) is 19.8 Å². The fourth-order valence-corrected chi connectivity index (χ4v) is 2.35. The summed E-state index contributed by atoms with van der Waals surface area (Å²) in [6.07, 6.45) is 2.65. The van der Waals surface area contributed by atoms with Gasteiger partial charge in [-0.25, -0.2) is 0 Å². The molecule has 1 heterocycles. The smallest absolute Gasteiger partial charge is 0.233 e. The molecule has 0 aromatic heterocycles. The van der Waals surface area contributed by atoms with Crippen LogP contribution in [0.15, 0.2) is 0 Å².